The van der Waals surface area contributed by atoms with E-state index in [4.69, 9.17) is 0 Å². The molecule has 2 heterocycles. The number of aryl methyl sites for hydroxylation is 1. The van der Waals surface area contributed by atoms with E-state index >= 15 is 0 Å². The lowest BCUT2D eigenvalue weighted by atomic mass is 10.3. The average molecular weight is 236 g/mol. The van der Waals surface area contributed by atoms with Crippen molar-refractivity contribution >= 4 is 0 Å². The van der Waals surface area contributed by atoms with E-state index in [0.29, 0.717) is 6.54 Å². The van der Waals surface area contributed by atoms with Gasteiger partial charge in [0.1, 0.15) is 11.4 Å². The first-order valence-corrected chi connectivity index (χ1v) is 5.67. The molecular formula is C10H16N6O. The molecule has 0 spiro atoms. The van der Waals surface area contributed by atoms with Crippen molar-refractivity contribution in [3.8, 4) is 0 Å². The minimum Gasteiger partial charge on any atom is -0.311 e. The van der Waals surface area contributed by atoms with E-state index in [1.54, 1.807) is 4.68 Å². The van der Waals surface area contributed by atoms with Crippen LogP contribution in [-0.2, 0) is 13.1 Å². The van der Waals surface area contributed by atoms with Crippen molar-refractivity contribution < 1.29 is 4.63 Å². The fourth-order valence-corrected chi connectivity index (χ4v) is 1.44. The molecule has 0 atom stereocenters. The van der Waals surface area contributed by atoms with Crippen LogP contribution in [0.3, 0.4) is 0 Å². The second-order valence-corrected chi connectivity index (χ2v) is 3.88. The molecule has 2 rings (SSSR count). The van der Waals surface area contributed by atoms with Crippen LogP contribution in [0.25, 0.3) is 0 Å². The summed E-state index contributed by atoms with van der Waals surface area (Å²) in [6.07, 6.45) is 3.01. The fourth-order valence-electron chi connectivity index (χ4n) is 1.44. The molecule has 0 saturated heterocycles. The second kappa shape index (κ2) is 5.53. The number of hydrogen-bond donors (Lipinski definition) is 1. The number of rotatable bonds is 6. The maximum atomic E-state index is 4.63. The van der Waals surface area contributed by atoms with E-state index < -0.39 is 0 Å². The molecule has 2 aromatic rings. The van der Waals surface area contributed by atoms with Crippen molar-refractivity contribution in [2.45, 2.75) is 33.4 Å². The molecular weight excluding hydrogens is 220 g/mol. The van der Waals surface area contributed by atoms with Gasteiger partial charge in [-0.05, 0) is 19.9 Å². The number of nitrogens with one attached hydrogen (secondary N) is 1. The summed E-state index contributed by atoms with van der Waals surface area (Å²) in [7, 11) is 0. The lowest BCUT2D eigenvalue weighted by molar-refractivity contribution is 0.300. The third-order valence-corrected chi connectivity index (χ3v) is 2.38. The van der Waals surface area contributed by atoms with Crippen molar-refractivity contribution in [1.29, 1.82) is 0 Å². The maximum absolute atomic E-state index is 4.63. The van der Waals surface area contributed by atoms with Crippen LogP contribution in [0.15, 0.2) is 10.8 Å². The van der Waals surface area contributed by atoms with Gasteiger partial charge in [-0.1, -0.05) is 22.5 Å². The van der Waals surface area contributed by atoms with Gasteiger partial charge in [0.2, 0.25) is 0 Å². The third-order valence-electron chi connectivity index (χ3n) is 2.38. The molecule has 7 nitrogen and oxygen atoms in total. The van der Waals surface area contributed by atoms with Crippen molar-refractivity contribution in [3.63, 3.8) is 0 Å². The number of aromatic nitrogens is 5. The summed E-state index contributed by atoms with van der Waals surface area (Å²) >= 11 is 0. The fraction of sp³-hybridized carbons (Fsp3) is 0.600. The minimum absolute atomic E-state index is 0.538. The minimum atomic E-state index is 0.538. The number of nitrogens with zero attached hydrogens (tertiary/aromatic N) is 5. The first-order valence-electron chi connectivity index (χ1n) is 5.67. The predicted octanol–water partition coefficient (Wildman–Crippen LogP) is 0.517. The van der Waals surface area contributed by atoms with Crippen LogP contribution in [0.5, 0.6) is 0 Å². The summed E-state index contributed by atoms with van der Waals surface area (Å²) in [6.45, 7) is 6.25. The van der Waals surface area contributed by atoms with Crippen LogP contribution >= 0.6 is 0 Å². The van der Waals surface area contributed by atoms with E-state index in [-0.39, 0.29) is 0 Å². The summed E-state index contributed by atoms with van der Waals surface area (Å²) < 4.78 is 6.36. The largest absolute Gasteiger partial charge is 0.311 e. The molecule has 0 aliphatic heterocycles. The molecule has 1 N–H and O–H groups in total. The third kappa shape index (κ3) is 3.10. The zero-order valence-electron chi connectivity index (χ0n) is 10.1. The van der Waals surface area contributed by atoms with Gasteiger partial charge in [-0.25, -0.2) is 9.31 Å². The molecule has 0 unspecified atom stereocenters. The molecule has 0 aliphatic rings. The van der Waals surface area contributed by atoms with Gasteiger partial charge in [0.05, 0.1) is 18.4 Å². The Hall–Kier alpha value is -1.76. The Kier molecular flexibility index (Phi) is 3.81. The van der Waals surface area contributed by atoms with Crippen molar-refractivity contribution in [1.82, 2.24) is 30.6 Å². The highest BCUT2D eigenvalue weighted by molar-refractivity contribution is 5.05. The van der Waals surface area contributed by atoms with Gasteiger partial charge in [-0.15, -0.1) is 5.10 Å². The highest BCUT2D eigenvalue weighted by Gasteiger charge is 2.07. The first-order chi connectivity index (χ1) is 8.29. The summed E-state index contributed by atoms with van der Waals surface area (Å²) in [5, 5.41) is 18.9. The molecule has 0 bridgehead atoms. The quantitative estimate of drug-likeness (QED) is 0.736. The molecule has 0 aromatic carbocycles. The SMILES string of the molecule is CCCNCc1cn(Cc2nonc2C)nn1. The molecule has 0 amide bonds. The molecule has 0 fully saturated rings. The summed E-state index contributed by atoms with van der Waals surface area (Å²) in [5.74, 6) is 0. The highest BCUT2D eigenvalue weighted by Crippen LogP contribution is 2.03. The van der Waals surface area contributed by atoms with E-state index in [1.165, 1.54) is 0 Å². The Labute approximate surface area is 99.2 Å². The molecule has 0 aliphatic carbocycles. The summed E-state index contributed by atoms with van der Waals surface area (Å²) in [4.78, 5) is 0. The Bertz CT molecular complexity index is 463. The topological polar surface area (TPSA) is 81.7 Å². The van der Waals surface area contributed by atoms with Crippen LogP contribution < -0.4 is 5.32 Å². The van der Waals surface area contributed by atoms with E-state index in [0.717, 1.165) is 36.6 Å². The van der Waals surface area contributed by atoms with Crippen LogP contribution in [0, 0.1) is 6.92 Å². The van der Waals surface area contributed by atoms with Crippen molar-refractivity contribution in [2.75, 3.05) is 6.54 Å². The lowest BCUT2D eigenvalue weighted by Gasteiger charge is -1.97. The van der Waals surface area contributed by atoms with Gasteiger partial charge in [-0.2, -0.15) is 0 Å². The first kappa shape index (κ1) is 11.7. The second-order valence-electron chi connectivity index (χ2n) is 3.88. The molecule has 7 heteroatoms. The Morgan fingerprint density at radius 3 is 3.00 bits per heavy atom. The van der Waals surface area contributed by atoms with Crippen LogP contribution in [0.2, 0.25) is 0 Å². The predicted molar refractivity (Wildman–Crippen MR) is 60.2 cm³/mol. The Balaban J connectivity index is 1.92. The lowest BCUT2D eigenvalue weighted by Crippen LogP contribution is -2.13. The zero-order valence-corrected chi connectivity index (χ0v) is 10.1. The van der Waals surface area contributed by atoms with E-state index in [2.05, 4.69) is 37.5 Å². The van der Waals surface area contributed by atoms with Gasteiger partial charge < -0.3 is 5.32 Å². The molecule has 2 aromatic heterocycles. The van der Waals surface area contributed by atoms with Crippen LogP contribution in [-0.4, -0.2) is 31.9 Å². The smallest absolute Gasteiger partial charge is 0.129 e. The maximum Gasteiger partial charge on any atom is 0.129 e. The number of hydrogen-bond acceptors (Lipinski definition) is 6. The van der Waals surface area contributed by atoms with Crippen LogP contribution in [0.4, 0.5) is 0 Å². The van der Waals surface area contributed by atoms with Gasteiger partial charge in [0.15, 0.2) is 0 Å². The molecule has 92 valence electrons. The molecule has 0 radical (unpaired) electrons. The zero-order chi connectivity index (χ0) is 12.1. The van der Waals surface area contributed by atoms with Crippen LogP contribution in [0.1, 0.15) is 30.4 Å². The van der Waals surface area contributed by atoms with Gasteiger partial charge in [0, 0.05) is 6.54 Å². The summed E-state index contributed by atoms with van der Waals surface area (Å²) in [5.41, 5.74) is 2.49. The van der Waals surface area contributed by atoms with Gasteiger partial charge in [-0.3, -0.25) is 0 Å². The van der Waals surface area contributed by atoms with Gasteiger partial charge >= 0.3 is 0 Å². The van der Waals surface area contributed by atoms with E-state index in [1.807, 2.05) is 13.1 Å². The van der Waals surface area contributed by atoms with E-state index in [9.17, 15) is 0 Å². The monoisotopic (exact) mass is 236 g/mol. The summed E-state index contributed by atoms with van der Waals surface area (Å²) in [6, 6.07) is 0. The standard InChI is InChI=1S/C10H16N6O/c1-3-4-11-5-9-6-16(15-12-9)7-10-8(2)13-17-14-10/h6,11H,3-5,7H2,1-2H3. The van der Waals surface area contributed by atoms with Crippen molar-refractivity contribution in [2.24, 2.45) is 0 Å². The highest BCUT2D eigenvalue weighted by atomic mass is 16.6. The Morgan fingerprint density at radius 1 is 1.41 bits per heavy atom. The van der Waals surface area contributed by atoms with Crippen molar-refractivity contribution in [3.05, 3.63) is 23.3 Å². The normalized spacial score (nSPS) is 10.9. The average Bonchev–Trinajstić information content (AvgIpc) is 2.91. The van der Waals surface area contributed by atoms with Gasteiger partial charge in [0.25, 0.3) is 0 Å². The Morgan fingerprint density at radius 2 is 2.29 bits per heavy atom. The molecule has 17 heavy (non-hydrogen) atoms. The molecule has 0 saturated carbocycles.